The van der Waals surface area contributed by atoms with E-state index in [-0.39, 0.29) is 11.8 Å². The Hall–Kier alpha value is -2.08. The summed E-state index contributed by atoms with van der Waals surface area (Å²) in [5, 5.41) is 3.41. The van der Waals surface area contributed by atoms with E-state index in [0.717, 1.165) is 0 Å². The van der Waals surface area contributed by atoms with Crippen molar-refractivity contribution in [1.82, 2.24) is 4.90 Å². The molecule has 1 saturated heterocycles. The van der Waals surface area contributed by atoms with Crippen LogP contribution in [0, 0.1) is 0 Å². The Balaban J connectivity index is 1.71. The largest absolute Gasteiger partial charge is 0.378 e. The summed E-state index contributed by atoms with van der Waals surface area (Å²) in [7, 11) is 0. The number of carbonyl (C=O) groups is 2. The van der Waals surface area contributed by atoms with Crippen LogP contribution in [0.15, 0.2) is 42.5 Å². The molecule has 130 valence electrons. The van der Waals surface area contributed by atoms with Gasteiger partial charge in [0.05, 0.1) is 28.9 Å². The predicted octanol–water partition coefficient (Wildman–Crippen LogP) is 3.72. The quantitative estimate of drug-likeness (QED) is 0.885. The normalized spacial score (nSPS) is 14.2. The van der Waals surface area contributed by atoms with Crippen molar-refractivity contribution in [2.24, 2.45) is 0 Å². The van der Waals surface area contributed by atoms with Gasteiger partial charge in [-0.3, -0.25) is 9.59 Å². The minimum atomic E-state index is -0.347. The fourth-order valence-electron chi connectivity index (χ4n) is 2.52. The van der Waals surface area contributed by atoms with Gasteiger partial charge in [-0.15, -0.1) is 0 Å². The van der Waals surface area contributed by atoms with Gasteiger partial charge in [-0.25, -0.2) is 0 Å². The van der Waals surface area contributed by atoms with Crippen LogP contribution in [0.2, 0.25) is 10.0 Å². The second-order valence-corrected chi connectivity index (χ2v) is 6.35. The number of benzene rings is 2. The van der Waals surface area contributed by atoms with Gasteiger partial charge in [0.15, 0.2) is 0 Å². The van der Waals surface area contributed by atoms with Gasteiger partial charge in [0.1, 0.15) is 0 Å². The van der Waals surface area contributed by atoms with Crippen LogP contribution in [0.5, 0.6) is 0 Å². The maximum atomic E-state index is 12.4. The molecular formula is C18H16Cl2N2O3. The molecule has 3 rings (SSSR count). The molecule has 0 aromatic heterocycles. The van der Waals surface area contributed by atoms with Gasteiger partial charge in [-0.05, 0) is 36.4 Å². The number of para-hydroxylation sites is 1. The number of amides is 2. The fraction of sp³-hybridized carbons (Fsp3) is 0.222. The third-order valence-corrected chi connectivity index (χ3v) is 4.52. The number of halogens is 2. The van der Waals surface area contributed by atoms with E-state index in [1.807, 2.05) is 0 Å². The molecule has 0 bridgehead atoms. The Kier molecular flexibility index (Phi) is 5.58. The highest BCUT2D eigenvalue weighted by Gasteiger charge is 2.19. The van der Waals surface area contributed by atoms with Crippen molar-refractivity contribution < 1.29 is 14.3 Å². The number of hydrogen-bond donors (Lipinski definition) is 1. The van der Waals surface area contributed by atoms with Crippen molar-refractivity contribution in [3.63, 3.8) is 0 Å². The second kappa shape index (κ2) is 7.87. The number of rotatable bonds is 3. The molecule has 5 nitrogen and oxygen atoms in total. The Bertz CT molecular complexity index is 767. The smallest absolute Gasteiger partial charge is 0.255 e. The minimum absolute atomic E-state index is 0.0654. The molecule has 0 spiro atoms. The minimum Gasteiger partial charge on any atom is -0.378 e. The van der Waals surface area contributed by atoms with Gasteiger partial charge in [0.2, 0.25) is 0 Å². The maximum absolute atomic E-state index is 12.4. The maximum Gasteiger partial charge on any atom is 0.255 e. The van der Waals surface area contributed by atoms with E-state index in [4.69, 9.17) is 27.9 Å². The Morgan fingerprint density at radius 3 is 2.08 bits per heavy atom. The van der Waals surface area contributed by atoms with E-state index in [9.17, 15) is 9.59 Å². The number of hydrogen-bond acceptors (Lipinski definition) is 3. The zero-order valence-electron chi connectivity index (χ0n) is 13.3. The van der Waals surface area contributed by atoms with Gasteiger partial charge < -0.3 is 15.0 Å². The van der Waals surface area contributed by atoms with Crippen molar-refractivity contribution in [2.45, 2.75) is 0 Å². The topological polar surface area (TPSA) is 58.6 Å². The molecule has 2 amide bonds. The summed E-state index contributed by atoms with van der Waals surface area (Å²) >= 11 is 12.1. The molecule has 0 atom stereocenters. The first kappa shape index (κ1) is 17.7. The van der Waals surface area contributed by atoms with E-state index < -0.39 is 0 Å². The Morgan fingerprint density at radius 2 is 1.48 bits per heavy atom. The molecule has 2 aromatic carbocycles. The summed E-state index contributed by atoms with van der Waals surface area (Å²) in [5.41, 5.74) is 1.31. The number of nitrogens with one attached hydrogen (secondary N) is 1. The predicted molar refractivity (Wildman–Crippen MR) is 97.6 cm³/mol. The van der Waals surface area contributed by atoms with E-state index in [0.29, 0.717) is 53.2 Å². The molecule has 1 N–H and O–H groups in total. The molecule has 0 unspecified atom stereocenters. The third-order valence-electron chi connectivity index (χ3n) is 3.89. The summed E-state index contributed by atoms with van der Waals surface area (Å²) < 4.78 is 5.24. The third kappa shape index (κ3) is 4.12. The molecule has 1 fully saturated rings. The van der Waals surface area contributed by atoms with Gasteiger partial charge in [-0.2, -0.15) is 0 Å². The van der Waals surface area contributed by atoms with Crippen LogP contribution in [0.25, 0.3) is 0 Å². The standard InChI is InChI=1S/C18H16Cl2N2O3/c19-14-2-1-3-15(20)16(14)21-17(23)12-4-6-13(7-5-12)18(24)22-8-10-25-11-9-22/h1-7H,8-11H2,(H,21,23). The zero-order valence-corrected chi connectivity index (χ0v) is 14.8. The lowest BCUT2D eigenvalue weighted by Gasteiger charge is -2.26. The van der Waals surface area contributed by atoms with E-state index in [1.54, 1.807) is 47.4 Å². The number of morpholine rings is 1. The molecule has 1 heterocycles. The van der Waals surface area contributed by atoms with Crippen LogP contribution in [0.1, 0.15) is 20.7 Å². The van der Waals surface area contributed by atoms with Crippen LogP contribution >= 0.6 is 23.2 Å². The second-order valence-electron chi connectivity index (χ2n) is 5.53. The van der Waals surface area contributed by atoms with E-state index in [1.165, 1.54) is 0 Å². The lowest BCUT2D eigenvalue weighted by molar-refractivity contribution is 0.0303. The molecule has 1 aliphatic rings. The Morgan fingerprint density at radius 1 is 0.920 bits per heavy atom. The van der Waals surface area contributed by atoms with Crippen molar-refractivity contribution in [3.05, 3.63) is 63.6 Å². The first-order chi connectivity index (χ1) is 12.1. The first-order valence-corrected chi connectivity index (χ1v) is 8.54. The van der Waals surface area contributed by atoms with Crippen molar-refractivity contribution in [2.75, 3.05) is 31.6 Å². The molecular weight excluding hydrogens is 363 g/mol. The SMILES string of the molecule is O=C(Nc1c(Cl)cccc1Cl)c1ccc(C(=O)N2CCOCC2)cc1. The molecule has 7 heteroatoms. The molecule has 0 radical (unpaired) electrons. The fourth-order valence-corrected chi connectivity index (χ4v) is 3.01. The van der Waals surface area contributed by atoms with Crippen LogP contribution in [-0.4, -0.2) is 43.0 Å². The number of ether oxygens (including phenoxy) is 1. The van der Waals surface area contributed by atoms with Gasteiger partial charge in [0.25, 0.3) is 11.8 Å². The summed E-state index contributed by atoms with van der Waals surface area (Å²) in [4.78, 5) is 26.5. The van der Waals surface area contributed by atoms with Crippen molar-refractivity contribution in [1.29, 1.82) is 0 Å². The van der Waals surface area contributed by atoms with E-state index in [2.05, 4.69) is 5.32 Å². The van der Waals surface area contributed by atoms with Crippen LogP contribution < -0.4 is 5.32 Å². The lowest BCUT2D eigenvalue weighted by atomic mass is 10.1. The van der Waals surface area contributed by atoms with Gasteiger partial charge >= 0.3 is 0 Å². The van der Waals surface area contributed by atoms with Crippen LogP contribution in [0.4, 0.5) is 5.69 Å². The average Bonchev–Trinajstić information content (AvgIpc) is 2.65. The monoisotopic (exact) mass is 378 g/mol. The molecule has 0 aliphatic carbocycles. The number of anilines is 1. The van der Waals surface area contributed by atoms with E-state index >= 15 is 0 Å². The van der Waals surface area contributed by atoms with Crippen LogP contribution in [-0.2, 0) is 4.74 Å². The van der Waals surface area contributed by atoms with Gasteiger partial charge in [0, 0.05) is 24.2 Å². The number of carbonyl (C=O) groups excluding carboxylic acids is 2. The Labute approximate surface area is 155 Å². The molecule has 1 aliphatic heterocycles. The van der Waals surface area contributed by atoms with Crippen molar-refractivity contribution >= 4 is 40.7 Å². The zero-order chi connectivity index (χ0) is 17.8. The van der Waals surface area contributed by atoms with Crippen molar-refractivity contribution in [3.8, 4) is 0 Å². The van der Waals surface area contributed by atoms with Gasteiger partial charge in [-0.1, -0.05) is 29.3 Å². The molecule has 25 heavy (non-hydrogen) atoms. The first-order valence-electron chi connectivity index (χ1n) is 7.79. The summed E-state index contributed by atoms with van der Waals surface area (Å²) in [6.07, 6.45) is 0. The van der Waals surface area contributed by atoms with Crippen LogP contribution in [0.3, 0.4) is 0 Å². The molecule has 2 aromatic rings. The summed E-state index contributed by atoms with van der Waals surface area (Å²) in [6.45, 7) is 2.24. The lowest BCUT2D eigenvalue weighted by Crippen LogP contribution is -2.40. The number of nitrogens with zero attached hydrogens (tertiary/aromatic N) is 1. The molecule has 0 saturated carbocycles. The average molecular weight is 379 g/mol. The highest BCUT2D eigenvalue weighted by molar-refractivity contribution is 6.40. The highest BCUT2D eigenvalue weighted by Crippen LogP contribution is 2.30. The summed E-state index contributed by atoms with van der Waals surface area (Å²) in [5.74, 6) is -0.412. The highest BCUT2D eigenvalue weighted by atomic mass is 35.5. The summed E-state index contributed by atoms with van der Waals surface area (Å²) in [6, 6.07) is 11.5.